The normalized spacial score (nSPS) is 15.5. The van der Waals surface area contributed by atoms with Crippen LogP contribution in [0.5, 0.6) is 0 Å². The fourth-order valence-electron chi connectivity index (χ4n) is 3.88. The summed E-state index contributed by atoms with van der Waals surface area (Å²) in [5, 5.41) is 2.94. The van der Waals surface area contributed by atoms with Gasteiger partial charge in [-0.2, -0.15) is 0 Å². The Morgan fingerprint density at radius 1 is 1.17 bits per heavy atom. The number of halogens is 1. The van der Waals surface area contributed by atoms with Crippen molar-refractivity contribution in [2.45, 2.75) is 51.9 Å². The molecule has 0 radical (unpaired) electrons. The molecule has 1 aromatic carbocycles. The number of carbonyl (C=O) groups is 1. The molecule has 0 aliphatic heterocycles. The molecule has 4 heteroatoms. The van der Waals surface area contributed by atoms with Crippen LogP contribution in [0.1, 0.15) is 65.2 Å². The van der Waals surface area contributed by atoms with E-state index in [1.165, 1.54) is 25.3 Å². The van der Waals surface area contributed by atoms with Gasteiger partial charge in [0.15, 0.2) is 0 Å². The van der Waals surface area contributed by atoms with Crippen molar-refractivity contribution in [2.75, 3.05) is 5.32 Å². The molecular weight excluding hydrogens is 303 g/mol. The number of aryl methyl sites for hydroxylation is 3. The van der Waals surface area contributed by atoms with Crippen LogP contribution >= 0.6 is 0 Å². The molecule has 1 aromatic heterocycles. The average molecular weight is 328 g/mol. The van der Waals surface area contributed by atoms with Crippen LogP contribution in [0.15, 0.2) is 24.4 Å². The van der Waals surface area contributed by atoms with E-state index in [0.29, 0.717) is 17.2 Å². The molecule has 24 heavy (non-hydrogen) atoms. The maximum Gasteiger partial charge on any atom is 0.257 e. The summed E-state index contributed by atoms with van der Waals surface area (Å²) in [5.41, 5.74) is 4.09. The Balaban J connectivity index is 1.90. The second kappa shape index (κ2) is 6.80. The Kier molecular flexibility index (Phi) is 4.74. The van der Waals surface area contributed by atoms with Gasteiger partial charge in [0.2, 0.25) is 0 Å². The third-order valence-electron chi connectivity index (χ3n) is 5.05. The number of anilines is 1. The van der Waals surface area contributed by atoms with Crippen LogP contribution < -0.4 is 5.32 Å². The van der Waals surface area contributed by atoms with Gasteiger partial charge in [0.05, 0.1) is 5.56 Å². The number of hydrogen-bond acceptors (Lipinski definition) is 1. The molecule has 0 unspecified atom stereocenters. The van der Waals surface area contributed by atoms with E-state index in [2.05, 4.69) is 9.88 Å². The molecule has 1 heterocycles. The van der Waals surface area contributed by atoms with E-state index in [1.54, 1.807) is 19.1 Å². The minimum absolute atomic E-state index is 0.0975. The number of carbonyl (C=O) groups excluding carboxylic acids is 1. The van der Waals surface area contributed by atoms with Gasteiger partial charge in [0, 0.05) is 24.6 Å². The zero-order chi connectivity index (χ0) is 17.3. The van der Waals surface area contributed by atoms with Gasteiger partial charge in [-0.3, -0.25) is 4.79 Å². The highest BCUT2D eigenvalue weighted by Crippen LogP contribution is 2.36. The predicted molar refractivity (Wildman–Crippen MR) is 95.1 cm³/mol. The molecule has 1 N–H and O–H groups in total. The van der Waals surface area contributed by atoms with Gasteiger partial charge in [0.1, 0.15) is 5.82 Å². The summed E-state index contributed by atoms with van der Waals surface area (Å²) in [5.74, 6) is 0.0969. The first kappa shape index (κ1) is 16.7. The first-order chi connectivity index (χ1) is 11.5. The number of nitrogens with one attached hydrogen (secondary N) is 1. The van der Waals surface area contributed by atoms with Crippen molar-refractivity contribution < 1.29 is 9.18 Å². The second-order valence-electron chi connectivity index (χ2n) is 6.94. The molecule has 3 rings (SSSR count). The molecule has 1 aliphatic rings. The summed E-state index contributed by atoms with van der Waals surface area (Å²) in [6.07, 6.45) is 8.08. The van der Waals surface area contributed by atoms with Crippen molar-refractivity contribution in [1.29, 1.82) is 0 Å². The molecular formula is C20H25FN2O. The van der Waals surface area contributed by atoms with E-state index in [4.69, 9.17) is 0 Å². The quantitative estimate of drug-likeness (QED) is 0.837. The highest BCUT2D eigenvalue weighted by molar-refractivity contribution is 6.06. The molecule has 1 aliphatic carbocycles. The topological polar surface area (TPSA) is 34.0 Å². The number of aromatic nitrogens is 1. The van der Waals surface area contributed by atoms with Crippen LogP contribution in [0.3, 0.4) is 0 Å². The van der Waals surface area contributed by atoms with Gasteiger partial charge in [-0.25, -0.2) is 4.39 Å². The molecule has 0 spiro atoms. The molecule has 128 valence electrons. The number of rotatable bonds is 3. The maximum absolute atomic E-state index is 13.4. The van der Waals surface area contributed by atoms with Crippen LogP contribution in [0.25, 0.3) is 0 Å². The summed E-state index contributed by atoms with van der Waals surface area (Å²) in [7, 11) is 2.02. The summed E-state index contributed by atoms with van der Waals surface area (Å²) in [6.45, 7) is 3.68. The molecule has 1 amide bonds. The predicted octanol–water partition coefficient (Wildman–Crippen LogP) is 5.08. The standard InChI is InChI=1S/C20H25FN2O/c1-13-11-16(9-10-17(13)21)22-20(24)18-14(2)12-23(3)19(18)15-7-5-4-6-8-15/h9-12,15H,4-8H2,1-3H3,(H,22,24). The Hall–Kier alpha value is -2.10. The molecule has 0 saturated heterocycles. The van der Waals surface area contributed by atoms with Crippen molar-refractivity contribution in [1.82, 2.24) is 4.57 Å². The molecule has 1 fully saturated rings. The van der Waals surface area contributed by atoms with Crippen molar-refractivity contribution in [3.8, 4) is 0 Å². The van der Waals surface area contributed by atoms with Crippen molar-refractivity contribution >= 4 is 11.6 Å². The lowest BCUT2D eigenvalue weighted by atomic mass is 9.85. The Labute approximate surface area is 142 Å². The highest BCUT2D eigenvalue weighted by Gasteiger charge is 2.26. The zero-order valence-corrected chi connectivity index (χ0v) is 14.7. The van der Waals surface area contributed by atoms with Crippen molar-refractivity contribution in [2.24, 2.45) is 7.05 Å². The van der Waals surface area contributed by atoms with E-state index >= 15 is 0 Å². The Morgan fingerprint density at radius 3 is 2.54 bits per heavy atom. The summed E-state index contributed by atoms with van der Waals surface area (Å²) in [6, 6.07) is 4.68. The first-order valence-electron chi connectivity index (χ1n) is 8.70. The SMILES string of the molecule is Cc1cc(NC(=O)c2c(C)cn(C)c2C2CCCCC2)ccc1F. The fraction of sp³-hybridized carbons (Fsp3) is 0.450. The minimum Gasteiger partial charge on any atom is -0.353 e. The van der Waals surface area contributed by atoms with Crippen LogP contribution in [0.2, 0.25) is 0 Å². The Morgan fingerprint density at radius 2 is 1.88 bits per heavy atom. The number of hydrogen-bond donors (Lipinski definition) is 1. The van der Waals surface area contributed by atoms with Crippen molar-refractivity contribution in [3.05, 3.63) is 52.6 Å². The lowest BCUT2D eigenvalue weighted by Crippen LogP contribution is -2.18. The van der Waals surface area contributed by atoms with Gasteiger partial charge < -0.3 is 9.88 Å². The first-order valence-corrected chi connectivity index (χ1v) is 8.70. The third-order valence-corrected chi connectivity index (χ3v) is 5.05. The van der Waals surface area contributed by atoms with Crippen LogP contribution in [0.4, 0.5) is 10.1 Å². The van der Waals surface area contributed by atoms with Crippen LogP contribution in [-0.4, -0.2) is 10.5 Å². The Bertz CT molecular complexity index is 757. The number of benzene rings is 1. The van der Waals surface area contributed by atoms with Crippen LogP contribution in [-0.2, 0) is 7.05 Å². The second-order valence-corrected chi connectivity index (χ2v) is 6.94. The third kappa shape index (κ3) is 3.23. The van der Waals surface area contributed by atoms with Gasteiger partial charge in [-0.1, -0.05) is 19.3 Å². The zero-order valence-electron chi connectivity index (χ0n) is 14.7. The van der Waals surface area contributed by atoms with Gasteiger partial charge in [-0.15, -0.1) is 0 Å². The smallest absolute Gasteiger partial charge is 0.257 e. The summed E-state index contributed by atoms with van der Waals surface area (Å²) < 4.78 is 15.5. The van der Waals surface area contributed by atoms with Gasteiger partial charge >= 0.3 is 0 Å². The monoisotopic (exact) mass is 328 g/mol. The molecule has 0 bridgehead atoms. The van der Waals surface area contributed by atoms with E-state index in [-0.39, 0.29) is 11.7 Å². The van der Waals surface area contributed by atoms with Crippen molar-refractivity contribution in [3.63, 3.8) is 0 Å². The summed E-state index contributed by atoms with van der Waals surface area (Å²) >= 11 is 0. The number of amides is 1. The lowest BCUT2D eigenvalue weighted by molar-refractivity contribution is 0.102. The fourth-order valence-corrected chi connectivity index (χ4v) is 3.88. The van der Waals surface area contributed by atoms with E-state index in [0.717, 1.165) is 29.7 Å². The molecule has 3 nitrogen and oxygen atoms in total. The maximum atomic E-state index is 13.4. The van der Waals surface area contributed by atoms with E-state index in [1.807, 2.05) is 20.2 Å². The highest BCUT2D eigenvalue weighted by atomic mass is 19.1. The summed E-state index contributed by atoms with van der Waals surface area (Å²) in [4.78, 5) is 12.9. The molecule has 2 aromatic rings. The van der Waals surface area contributed by atoms with Crippen LogP contribution in [0, 0.1) is 19.7 Å². The minimum atomic E-state index is -0.258. The van der Waals surface area contributed by atoms with E-state index in [9.17, 15) is 9.18 Å². The largest absolute Gasteiger partial charge is 0.353 e. The number of nitrogens with zero attached hydrogens (tertiary/aromatic N) is 1. The average Bonchev–Trinajstić information content (AvgIpc) is 2.86. The van der Waals surface area contributed by atoms with Gasteiger partial charge in [-0.05, 0) is 61.9 Å². The molecule has 0 atom stereocenters. The van der Waals surface area contributed by atoms with Gasteiger partial charge in [0.25, 0.3) is 5.91 Å². The lowest BCUT2D eigenvalue weighted by Gasteiger charge is -2.24. The molecule has 1 saturated carbocycles. The van der Waals surface area contributed by atoms with E-state index < -0.39 is 0 Å².